The molecule has 1 unspecified atom stereocenters. The number of likely N-dealkylation sites (N-methyl/N-ethyl adjacent to an activating group) is 1. The first-order valence-corrected chi connectivity index (χ1v) is 5.79. The summed E-state index contributed by atoms with van der Waals surface area (Å²) in [7, 11) is 1.11. The monoisotopic (exact) mass is 306 g/mol. The number of aryl methyl sites for hydroxylation is 1. The third-order valence-electron chi connectivity index (χ3n) is 2.82. The van der Waals surface area contributed by atoms with Crippen molar-refractivity contribution in [1.29, 1.82) is 0 Å². The predicted octanol–water partition coefficient (Wildman–Crippen LogP) is 1.90. The molecular formula is C12H13F3N2O4. The van der Waals surface area contributed by atoms with Crippen molar-refractivity contribution in [3.8, 4) is 0 Å². The molecule has 9 heteroatoms. The molecule has 6 nitrogen and oxygen atoms in total. The van der Waals surface area contributed by atoms with Crippen LogP contribution in [-0.2, 0) is 0 Å². The van der Waals surface area contributed by atoms with Crippen LogP contribution in [0, 0.1) is 17.0 Å². The third kappa shape index (κ3) is 4.15. The number of benzene rings is 1. The highest BCUT2D eigenvalue weighted by molar-refractivity contribution is 5.95. The van der Waals surface area contributed by atoms with Crippen LogP contribution in [0.2, 0.25) is 0 Å². The standard InChI is InChI=1S/C12H13F3N2O4/c1-7-5-8(17(20)21)3-4-9(7)11(19)16(2)6-10(18)12(13,14)15/h3-5,10,18H,6H2,1-2H3. The fraction of sp³-hybridized carbons (Fsp3) is 0.417. The van der Waals surface area contributed by atoms with Crippen molar-refractivity contribution in [1.82, 2.24) is 4.90 Å². The summed E-state index contributed by atoms with van der Waals surface area (Å²) in [5.74, 6) is -0.759. The summed E-state index contributed by atoms with van der Waals surface area (Å²) in [5, 5.41) is 19.5. The van der Waals surface area contributed by atoms with Crippen molar-refractivity contribution in [2.45, 2.75) is 19.2 Å². The van der Waals surface area contributed by atoms with Crippen LogP contribution in [0.1, 0.15) is 15.9 Å². The zero-order chi connectivity index (χ0) is 16.4. The number of alkyl halides is 3. The van der Waals surface area contributed by atoms with Gasteiger partial charge >= 0.3 is 6.18 Å². The average molecular weight is 306 g/mol. The summed E-state index contributed by atoms with van der Waals surface area (Å²) < 4.78 is 36.7. The molecule has 0 aliphatic rings. The summed E-state index contributed by atoms with van der Waals surface area (Å²) in [5.41, 5.74) is 0.0852. The molecule has 0 aliphatic heterocycles. The lowest BCUT2D eigenvalue weighted by molar-refractivity contribution is -0.384. The number of amides is 1. The van der Waals surface area contributed by atoms with E-state index < -0.39 is 29.7 Å². The fourth-order valence-electron chi connectivity index (χ4n) is 1.65. The maximum atomic E-state index is 12.2. The lowest BCUT2D eigenvalue weighted by Crippen LogP contribution is -2.41. The lowest BCUT2D eigenvalue weighted by Gasteiger charge is -2.23. The van der Waals surface area contributed by atoms with Gasteiger partial charge < -0.3 is 10.0 Å². The van der Waals surface area contributed by atoms with Gasteiger partial charge in [-0.1, -0.05) is 0 Å². The van der Waals surface area contributed by atoms with Crippen molar-refractivity contribution >= 4 is 11.6 Å². The Hall–Kier alpha value is -2.16. The second-order valence-electron chi connectivity index (χ2n) is 4.50. The molecule has 0 spiro atoms. The Bertz CT molecular complexity index is 560. The van der Waals surface area contributed by atoms with E-state index in [-0.39, 0.29) is 16.8 Å². The van der Waals surface area contributed by atoms with E-state index in [1.54, 1.807) is 0 Å². The first-order chi connectivity index (χ1) is 9.54. The first kappa shape index (κ1) is 16.9. The molecular weight excluding hydrogens is 293 g/mol. The largest absolute Gasteiger partial charge is 0.416 e. The van der Waals surface area contributed by atoms with Crippen LogP contribution in [0.15, 0.2) is 18.2 Å². The van der Waals surface area contributed by atoms with E-state index >= 15 is 0 Å². The van der Waals surface area contributed by atoms with Crippen molar-refractivity contribution in [2.75, 3.05) is 13.6 Å². The molecule has 1 N–H and O–H groups in total. The molecule has 1 aromatic carbocycles. The van der Waals surface area contributed by atoms with Gasteiger partial charge in [-0.3, -0.25) is 14.9 Å². The number of aliphatic hydroxyl groups is 1. The van der Waals surface area contributed by atoms with Crippen molar-refractivity contribution in [3.63, 3.8) is 0 Å². The number of hydrogen-bond donors (Lipinski definition) is 1. The highest BCUT2D eigenvalue weighted by Gasteiger charge is 2.39. The van der Waals surface area contributed by atoms with Crippen LogP contribution in [0.4, 0.5) is 18.9 Å². The van der Waals surface area contributed by atoms with Gasteiger partial charge in [-0.15, -0.1) is 0 Å². The summed E-state index contributed by atoms with van der Waals surface area (Å²) in [6.07, 6.45) is -7.47. The molecule has 0 heterocycles. The number of non-ortho nitro benzene ring substituents is 1. The molecule has 0 aliphatic carbocycles. The van der Waals surface area contributed by atoms with Crippen LogP contribution in [0.25, 0.3) is 0 Å². The van der Waals surface area contributed by atoms with E-state index in [4.69, 9.17) is 5.11 Å². The van der Waals surface area contributed by atoms with Gasteiger partial charge in [-0.25, -0.2) is 0 Å². The molecule has 1 amide bonds. The number of nitrogens with zero attached hydrogens (tertiary/aromatic N) is 2. The highest BCUT2D eigenvalue weighted by atomic mass is 19.4. The zero-order valence-corrected chi connectivity index (χ0v) is 11.2. The summed E-state index contributed by atoms with van der Waals surface area (Å²) >= 11 is 0. The Balaban J connectivity index is 2.91. The molecule has 1 rings (SSSR count). The fourth-order valence-corrected chi connectivity index (χ4v) is 1.65. The number of halogens is 3. The van der Waals surface area contributed by atoms with Gasteiger partial charge in [0.05, 0.1) is 11.5 Å². The molecule has 0 saturated heterocycles. The number of nitro benzene ring substituents is 1. The van der Waals surface area contributed by atoms with Gasteiger partial charge in [0.25, 0.3) is 11.6 Å². The van der Waals surface area contributed by atoms with Gasteiger partial charge in [0.2, 0.25) is 0 Å². The van der Waals surface area contributed by atoms with Crippen molar-refractivity contribution in [2.24, 2.45) is 0 Å². The van der Waals surface area contributed by atoms with Crippen LogP contribution < -0.4 is 0 Å². The van der Waals surface area contributed by atoms with Gasteiger partial charge in [0.1, 0.15) is 0 Å². The number of rotatable bonds is 4. The number of nitro groups is 1. The SMILES string of the molecule is Cc1cc([N+](=O)[O-])ccc1C(=O)N(C)CC(O)C(F)(F)F. The van der Waals surface area contributed by atoms with Crippen molar-refractivity contribution < 1.29 is 28.0 Å². The Kier molecular flexibility index (Phi) is 4.89. The third-order valence-corrected chi connectivity index (χ3v) is 2.82. The Morgan fingerprint density at radius 1 is 1.48 bits per heavy atom. The van der Waals surface area contributed by atoms with Crippen LogP contribution in [-0.4, -0.2) is 46.7 Å². The van der Waals surface area contributed by atoms with Crippen LogP contribution >= 0.6 is 0 Å². The minimum Gasteiger partial charge on any atom is -0.382 e. The topological polar surface area (TPSA) is 83.7 Å². The molecule has 1 aromatic rings. The van der Waals surface area contributed by atoms with E-state index in [0.717, 1.165) is 19.2 Å². The Morgan fingerprint density at radius 3 is 2.48 bits per heavy atom. The Morgan fingerprint density at radius 2 is 2.05 bits per heavy atom. The number of hydrogen-bond acceptors (Lipinski definition) is 4. The first-order valence-electron chi connectivity index (χ1n) is 5.79. The minimum absolute atomic E-state index is 0.0393. The predicted molar refractivity (Wildman–Crippen MR) is 66.9 cm³/mol. The van der Waals surface area contributed by atoms with Gasteiger partial charge in [0, 0.05) is 24.7 Å². The highest BCUT2D eigenvalue weighted by Crippen LogP contribution is 2.22. The Labute approximate surface area is 117 Å². The molecule has 1 atom stereocenters. The normalized spacial score (nSPS) is 12.9. The van der Waals surface area contributed by atoms with E-state index in [2.05, 4.69) is 0 Å². The number of carbonyl (C=O) groups is 1. The number of carbonyl (C=O) groups excluding carboxylic acids is 1. The van der Waals surface area contributed by atoms with Gasteiger partial charge in [-0.05, 0) is 18.6 Å². The van der Waals surface area contributed by atoms with E-state index in [1.807, 2.05) is 0 Å². The quantitative estimate of drug-likeness (QED) is 0.680. The van der Waals surface area contributed by atoms with Crippen molar-refractivity contribution in [3.05, 3.63) is 39.4 Å². The molecule has 0 aromatic heterocycles. The molecule has 116 valence electrons. The molecule has 0 radical (unpaired) electrons. The van der Waals surface area contributed by atoms with Crippen LogP contribution in [0.3, 0.4) is 0 Å². The van der Waals surface area contributed by atoms with Crippen LogP contribution in [0.5, 0.6) is 0 Å². The summed E-state index contributed by atoms with van der Waals surface area (Å²) in [6.45, 7) is 0.521. The van der Waals surface area contributed by atoms with Gasteiger partial charge in [0.15, 0.2) is 6.10 Å². The second-order valence-corrected chi connectivity index (χ2v) is 4.50. The molecule has 21 heavy (non-hydrogen) atoms. The summed E-state index contributed by atoms with van der Waals surface area (Å²) in [4.78, 5) is 22.6. The summed E-state index contributed by atoms with van der Waals surface area (Å²) in [6, 6.07) is 3.42. The smallest absolute Gasteiger partial charge is 0.382 e. The van der Waals surface area contributed by atoms with E-state index in [1.165, 1.54) is 13.0 Å². The minimum atomic E-state index is -4.82. The van der Waals surface area contributed by atoms with E-state index in [9.17, 15) is 28.1 Å². The second kappa shape index (κ2) is 6.08. The zero-order valence-electron chi connectivity index (χ0n) is 11.2. The van der Waals surface area contributed by atoms with Gasteiger partial charge in [-0.2, -0.15) is 13.2 Å². The average Bonchev–Trinajstić information content (AvgIpc) is 2.36. The number of aliphatic hydroxyl groups excluding tert-OH is 1. The maximum Gasteiger partial charge on any atom is 0.416 e. The lowest BCUT2D eigenvalue weighted by atomic mass is 10.1. The molecule has 0 bridgehead atoms. The molecule has 0 saturated carbocycles. The molecule has 0 fully saturated rings. The maximum absolute atomic E-state index is 12.2. The van der Waals surface area contributed by atoms with E-state index in [0.29, 0.717) is 4.90 Å².